The minimum absolute atomic E-state index is 0.320. The Balaban J connectivity index is 2.87. The van der Waals surface area contributed by atoms with Gasteiger partial charge in [-0.25, -0.2) is 0 Å². The topological polar surface area (TPSA) is 33.0 Å². The predicted molar refractivity (Wildman–Crippen MR) is 60.8 cm³/mol. The van der Waals surface area contributed by atoms with Crippen molar-refractivity contribution in [3.05, 3.63) is 29.8 Å². The standard InChI is InChI=1S/C13H17NO/c1-10(2)13(8-9-14)11-4-6-12(15-3)7-5-11/h4-7,10,13H,8H2,1-3H3. The molecule has 0 bridgehead atoms. The van der Waals surface area contributed by atoms with Crippen LogP contribution < -0.4 is 4.74 Å². The van der Waals surface area contributed by atoms with Crippen LogP contribution in [0.3, 0.4) is 0 Å². The van der Waals surface area contributed by atoms with Gasteiger partial charge in [-0.3, -0.25) is 0 Å². The maximum Gasteiger partial charge on any atom is 0.118 e. The van der Waals surface area contributed by atoms with Crippen molar-refractivity contribution in [2.75, 3.05) is 7.11 Å². The summed E-state index contributed by atoms with van der Waals surface area (Å²) in [5, 5.41) is 8.77. The van der Waals surface area contributed by atoms with Crippen molar-refractivity contribution in [2.24, 2.45) is 5.92 Å². The summed E-state index contributed by atoms with van der Waals surface area (Å²) in [6.45, 7) is 4.29. The van der Waals surface area contributed by atoms with E-state index in [1.165, 1.54) is 5.56 Å². The van der Waals surface area contributed by atoms with Crippen LogP contribution >= 0.6 is 0 Å². The lowest BCUT2D eigenvalue weighted by Gasteiger charge is -2.18. The highest BCUT2D eigenvalue weighted by molar-refractivity contribution is 5.30. The van der Waals surface area contributed by atoms with E-state index in [1.54, 1.807) is 7.11 Å². The molecule has 0 aliphatic carbocycles. The lowest BCUT2D eigenvalue weighted by Crippen LogP contribution is -2.05. The van der Waals surface area contributed by atoms with Crippen LogP contribution in [0.25, 0.3) is 0 Å². The van der Waals surface area contributed by atoms with Gasteiger partial charge in [-0.2, -0.15) is 5.26 Å². The van der Waals surface area contributed by atoms with E-state index in [1.807, 2.05) is 24.3 Å². The van der Waals surface area contributed by atoms with E-state index in [9.17, 15) is 0 Å². The Kier molecular flexibility index (Phi) is 4.17. The highest BCUT2D eigenvalue weighted by Gasteiger charge is 2.15. The van der Waals surface area contributed by atoms with Gasteiger partial charge < -0.3 is 4.74 Å². The summed E-state index contributed by atoms with van der Waals surface area (Å²) in [7, 11) is 1.66. The van der Waals surface area contributed by atoms with Gasteiger partial charge in [-0.1, -0.05) is 26.0 Å². The number of methoxy groups -OCH3 is 1. The molecule has 0 fully saturated rings. The van der Waals surface area contributed by atoms with E-state index in [0.29, 0.717) is 18.3 Å². The Bertz CT molecular complexity index is 335. The molecule has 1 atom stereocenters. The minimum atomic E-state index is 0.320. The van der Waals surface area contributed by atoms with E-state index in [-0.39, 0.29) is 0 Å². The number of nitriles is 1. The molecule has 0 N–H and O–H groups in total. The average molecular weight is 203 g/mol. The monoisotopic (exact) mass is 203 g/mol. The molecule has 0 saturated carbocycles. The Hall–Kier alpha value is -1.49. The first-order valence-corrected chi connectivity index (χ1v) is 5.20. The van der Waals surface area contributed by atoms with Crippen molar-refractivity contribution in [1.29, 1.82) is 5.26 Å². The first-order valence-electron chi connectivity index (χ1n) is 5.20. The van der Waals surface area contributed by atoms with Crippen LogP contribution in [-0.2, 0) is 0 Å². The Morgan fingerprint density at radius 3 is 2.27 bits per heavy atom. The molecule has 0 heterocycles. The SMILES string of the molecule is COc1ccc(C(CC#N)C(C)C)cc1. The molecule has 1 unspecified atom stereocenters. The lowest BCUT2D eigenvalue weighted by atomic mass is 9.86. The summed E-state index contributed by atoms with van der Waals surface area (Å²) >= 11 is 0. The highest BCUT2D eigenvalue weighted by atomic mass is 16.5. The zero-order valence-corrected chi connectivity index (χ0v) is 9.53. The quantitative estimate of drug-likeness (QED) is 0.751. The summed E-state index contributed by atoms with van der Waals surface area (Å²) < 4.78 is 5.10. The molecular formula is C13H17NO. The largest absolute Gasteiger partial charge is 0.497 e. The molecule has 0 aliphatic rings. The first kappa shape index (κ1) is 11.6. The fourth-order valence-corrected chi connectivity index (χ4v) is 1.69. The van der Waals surface area contributed by atoms with Crippen molar-refractivity contribution in [2.45, 2.75) is 26.2 Å². The molecule has 1 rings (SSSR count). The third-order valence-corrected chi connectivity index (χ3v) is 2.66. The number of benzene rings is 1. The number of rotatable bonds is 4. The Morgan fingerprint density at radius 2 is 1.87 bits per heavy atom. The molecule has 0 spiro atoms. The van der Waals surface area contributed by atoms with Gasteiger partial charge >= 0.3 is 0 Å². The van der Waals surface area contributed by atoms with Gasteiger partial charge in [0.05, 0.1) is 13.2 Å². The number of nitrogens with zero attached hydrogens (tertiary/aromatic N) is 1. The molecule has 0 radical (unpaired) electrons. The highest BCUT2D eigenvalue weighted by Crippen LogP contribution is 2.28. The predicted octanol–water partition coefficient (Wildman–Crippen LogP) is 3.35. The summed E-state index contributed by atoms with van der Waals surface area (Å²) in [6, 6.07) is 10.2. The Labute approximate surface area is 91.5 Å². The molecule has 0 saturated heterocycles. The summed E-state index contributed by atoms with van der Waals surface area (Å²) in [5.41, 5.74) is 1.22. The van der Waals surface area contributed by atoms with Crippen LogP contribution in [0.4, 0.5) is 0 Å². The van der Waals surface area contributed by atoms with E-state index in [2.05, 4.69) is 19.9 Å². The molecule has 80 valence electrons. The molecule has 0 aromatic heterocycles. The van der Waals surface area contributed by atoms with Crippen LogP contribution in [0.5, 0.6) is 5.75 Å². The third-order valence-electron chi connectivity index (χ3n) is 2.66. The van der Waals surface area contributed by atoms with Crippen molar-refractivity contribution in [1.82, 2.24) is 0 Å². The maximum atomic E-state index is 8.77. The van der Waals surface area contributed by atoms with E-state index in [0.717, 1.165) is 5.75 Å². The second kappa shape index (κ2) is 5.41. The average Bonchev–Trinajstić information content (AvgIpc) is 2.26. The van der Waals surface area contributed by atoms with Gasteiger partial charge in [-0.05, 0) is 29.5 Å². The second-order valence-corrected chi connectivity index (χ2v) is 3.99. The fraction of sp³-hybridized carbons (Fsp3) is 0.462. The maximum absolute atomic E-state index is 8.77. The molecule has 15 heavy (non-hydrogen) atoms. The Morgan fingerprint density at radius 1 is 1.27 bits per heavy atom. The zero-order valence-electron chi connectivity index (χ0n) is 9.53. The number of hydrogen-bond donors (Lipinski definition) is 0. The van der Waals surface area contributed by atoms with E-state index in [4.69, 9.17) is 10.00 Å². The summed E-state index contributed by atoms with van der Waals surface area (Å²) in [5.74, 6) is 1.66. The van der Waals surface area contributed by atoms with E-state index < -0.39 is 0 Å². The lowest BCUT2D eigenvalue weighted by molar-refractivity contribution is 0.414. The zero-order chi connectivity index (χ0) is 11.3. The molecule has 2 heteroatoms. The van der Waals surface area contributed by atoms with Crippen molar-refractivity contribution in [3.8, 4) is 11.8 Å². The van der Waals surface area contributed by atoms with Crippen molar-refractivity contribution < 1.29 is 4.74 Å². The number of hydrogen-bond acceptors (Lipinski definition) is 2. The van der Waals surface area contributed by atoms with Gasteiger partial charge in [0.1, 0.15) is 5.75 Å². The fourth-order valence-electron chi connectivity index (χ4n) is 1.69. The van der Waals surface area contributed by atoms with Crippen LogP contribution in [0.15, 0.2) is 24.3 Å². The van der Waals surface area contributed by atoms with Gasteiger partial charge in [0, 0.05) is 6.42 Å². The van der Waals surface area contributed by atoms with E-state index >= 15 is 0 Å². The van der Waals surface area contributed by atoms with Gasteiger partial charge in [-0.15, -0.1) is 0 Å². The second-order valence-electron chi connectivity index (χ2n) is 3.99. The van der Waals surface area contributed by atoms with Crippen molar-refractivity contribution in [3.63, 3.8) is 0 Å². The van der Waals surface area contributed by atoms with Gasteiger partial charge in [0.15, 0.2) is 0 Å². The van der Waals surface area contributed by atoms with Gasteiger partial charge in [0.2, 0.25) is 0 Å². The van der Waals surface area contributed by atoms with Crippen LogP contribution in [0.1, 0.15) is 31.7 Å². The number of ether oxygens (including phenoxy) is 1. The molecule has 0 amide bonds. The minimum Gasteiger partial charge on any atom is -0.497 e. The molecule has 2 nitrogen and oxygen atoms in total. The molecular weight excluding hydrogens is 186 g/mol. The normalized spacial score (nSPS) is 12.2. The smallest absolute Gasteiger partial charge is 0.118 e. The van der Waals surface area contributed by atoms with Gasteiger partial charge in [0.25, 0.3) is 0 Å². The van der Waals surface area contributed by atoms with Crippen LogP contribution in [0, 0.1) is 17.2 Å². The molecule has 1 aromatic carbocycles. The molecule has 0 aliphatic heterocycles. The summed E-state index contributed by atoms with van der Waals surface area (Å²) in [6.07, 6.45) is 0.573. The third kappa shape index (κ3) is 2.99. The van der Waals surface area contributed by atoms with Crippen LogP contribution in [0.2, 0.25) is 0 Å². The first-order chi connectivity index (χ1) is 7.19. The summed E-state index contributed by atoms with van der Waals surface area (Å²) in [4.78, 5) is 0. The molecule has 1 aromatic rings. The van der Waals surface area contributed by atoms with Crippen molar-refractivity contribution >= 4 is 0 Å². The van der Waals surface area contributed by atoms with Crippen LogP contribution in [-0.4, -0.2) is 7.11 Å².